The maximum Gasteiger partial charge on any atom is 0.252 e. The Morgan fingerprint density at radius 2 is 1.81 bits per heavy atom. The molecule has 1 amide bonds. The molecule has 2 fully saturated rings. The number of hydrogen-bond donors (Lipinski definition) is 1. The first-order chi connectivity index (χ1) is 15.7. The van der Waals surface area contributed by atoms with E-state index in [1.165, 1.54) is 18.4 Å². The first-order valence-corrected chi connectivity index (χ1v) is 12.7. The van der Waals surface area contributed by atoms with E-state index >= 15 is 0 Å². The number of fused-ring (bicyclic) bond motifs is 1. The van der Waals surface area contributed by atoms with Gasteiger partial charge in [-0.3, -0.25) is 4.79 Å². The quantitative estimate of drug-likeness (QED) is 0.600. The standard InChI is InChI=1S/C26H31NO4S/c28-25(21-7-1-2-8-24(21)32-17-20-6-5-13-29-20)27-18-26(11-3-4-12-26)19-9-10-22-23(16-19)31-15-14-30-22/h1-2,7-10,16,20H,3-6,11-15,17-18H2,(H,27,28). The molecule has 0 bridgehead atoms. The molecule has 0 aromatic heterocycles. The van der Waals surface area contributed by atoms with Gasteiger partial charge in [-0.15, -0.1) is 11.8 Å². The Morgan fingerprint density at radius 1 is 1.00 bits per heavy atom. The highest BCUT2D eigenvalue weighted by Gasteiger charge is 2.37. The second-order valence-corrected chi connectivity index (χ2v) is 10.0. The number of carbonyl (C=O) groups excluding carboxylic acids is 1. The van der Waals surface area contributed by atoms with E-state index in [9.17, 15) is 4.79 Å². The van der Waals surface area contributed by atoms with Crippen LogP contribution in [0.3, 0.4) is 0 Å². The zero-order chi connectivity index (χ0) is 21.8. The number of ether oxygens (including phenoxy) is 3. The smallest absolute Gasteiger partial charge is 0.252 e. The van der Waals surface area contributed by atoms with Crippen LogP contribution in [0, 0.1) is 0 Å². The minimum Gasteiger partial charge on any atom is -0.486 e. The van der Waals surface area contributed by atoms with E-state index in [0.29, 0.717) is 25.9 Å². The van der Waals surface area contributed by atoms with Gasteiger partial charge in [-0.2, -0.15) is 0 Å². The van der Waals surface area contributed by atoms with Gasteiger partial charge in [0.15, 0.2) is 11.5 Å². The Morgan fingerprint density at radius 3 is 2.62 bits per heavy atom. The first-order valence-electron chi connectivity index (χ1n) is 11.8. The second-order valence-electron chi connectivity index (χ2n) is 8.97. The fourth-order valence-electron chi connectivity index (χ4n) is 5.08. The molecule has 1 saturated carbocycles. The molecule has 2 aliphatic heterocycles. The third kappa shape index (κ3) is 4.62. The van der Waals surface area contributed by atoms with Crippen LogP contribution >= 0.6 is 11.8 Å². The molecule has 5 nitrogen and oxygen atoms in total. The Labute approximate surface area is 194 Å². The van der Waals surface area contributed by atoms with Gasteiger partial charge in [0.05, 0.1) is 11.7 Å². The summed E-state index contributed by atoms with van der Waals surface area (Å²) >= 11 is 1.73. The molecule has 2 heterocycles. The van der Waals surface area contributed by atoms with Gasteiger partial charge < -0.3 is 19.5 Å². The molecular formula is C26H31NO4S. The van der Waals surface area contributed by atoms with Gasteiger partial charge in [0.2, 0.25) is 0 Å². The maximum absolute atomic E-state index is 13.2. The zero-order valence-corrected chi connectivity index (χ0v) is 19.3. The van der Waals surface area contributed by atoms with Crippen LogP contribution in [0.2, 0.25) is 0 Å². The number of rotatable bonds is 7. The van der Waals surface area contributed by atoms with Gasteiger partial charge in [-0.25, -0.2) is 0 Å². The van der Waals surface area contributed by atoms with Crippen molar-refractivity contribution in [1.82, 2.24) is 5.32 Å². The van der Waals surface area contributed by atoms with Crippen LogP contribution in [0.25, 0.3) is 0 Å². The number of carbonyl (C=O) groups is 1. The van der Waals surface area contributed by atoms with Crippen LogP contribution < -0.4 is 14.8 Å². The van der Waals surface area contributed by atoms with Crippen molar-refractivity contribution in [2.24, 2.45) is 0 Å². The lowest BCUT2D eigenvalue weighted by Crippen LogP contribution is -2.39. The highest BCUT2D eigenvalue weighted by atomic mass is 32.2. The van der Waals surface area contributed by atoms with Crippen LogP contribution in [0.15, 0.2) is 47.4 Å². The van der Waals surface area contributed by atoms with Crippen LogP contribution in [0.1, 0.15) is 54.4 Å². The van der Waals surface area contributed by atoms with Gasteiger partial charge in [-0.1, -0.05) is 31.0 Å². The van der Waals surface area contributed by atoms with Crippen molar-refractivity contribution in [2.75, 3.05) is 32.1 Å². The van der Waals surface area contributed by atoms with Crippen molar-refractivity contribution in [2.45, 2.75) is 54.9 Å². The third-order valence-corrected chi connectivity index (χ3v) is 8.09. The summed E-state index contributed by atoms with van der Waals surface area (Å²) in [4.78, 5) is 14.3. The predicted octanol–water partition coefficient (Wildman–Crippen LogP) is 4.97. The summed E-state index contributed by atoms with van der Waals surface area (Å²) in [6, 6.07) is 14.2. The van der Waals surface area contributed by atoms with Crippen molar-refractivity contribution < 1.29 is 19.0 Å². The van der Waals surface area contributed by atoms with Crippen molar-refractivity contribution in [3.63, 3.8) is 0 Å². The number of amides is 1. The van der Waals surface area contributed by atoms with Crippen LogP contribution in [0.4, 0.5) is 0 Å². The average Bonchev–Trinajstić information content (AvgIpc) is 3.54. The number of hydrogen-bond acceptors (Lipinski definition) is 5. The SMILES string of the molecule is O=C(NCC1(c2ccc3c(c2)OCCO3)CCCC1)c1ccccc1SCC1CCCO1. The van der Waals surface area contributed by atoms with Crippen LogP contribution in [0.5, 0.6) is 11.5 Å². The molecule has 1 unspecified atom stereocenters. The van der Waals surface area contributed by atoms with Crippen molar-refractivity contribution in [3.05, 3.63) is 53.6 Å². The molecular weight excluding hydrogens is 422 g/mol. The van der Waals surface area contributed by atoms with E-state index in [1.54, 1.807) is 11.8 Å². The third-order valence-electron chi connectivity index (χ3n) is 6.88. The molecule has 6 heteroatoms. The molecule has 0 spiro atoms. The molecule has 5 rings (SSSR count). The molecule has 3 aliphatic rings. The zero-order valence-electron chi connectivity index (χ0n) is 18.4. The van der Waals surface area contributed by atoms with E-state index in [1.807, 2.05) is 30.3 Å². The second kappa shape index (κ2) is 9.75. The molecule has 170 valence electrons. The van der Waals surface area contributed by atoms with Gasteiger partial charge >= 0.3 is 0 Å². The topological polar surface area (TPSA) is 56.8 Å². The van der Waals surface area contributed by atoms with E-state index in [0.717, 1.165) is 60.0 Å². The highest BCUT2D eigenvalue weighted by Crippen LogP contribution is 2.44. The Hall–Kier alpha value is -2.18. The fourth-order valence-corrected chi connectivity index (χ4v) is 6.20. The summed E-state index contributed by atoms with van der Waals surface area (Å²) < 4.78 is 17.3. The van der Waals surface area contributed by atoms with E-state index in [-0.39, 0.29) is 11.3 Å². The van der Waals surface area contributed by atoms with Crippen LogP contribution in [-0.2, 0) is 10.2 Å². The molecule has 2 aromatic carbocycles. The average molecular weight is 454 g/mol. The van der Waals surface area contributed by atoms with Gasteiger partial charge in [-0.05, 0) is 55.5 Å². The number of thioether (sulfide) groups is 1. The molecule has 1 N–H and O–H groups in total. The normalized spacial score (nSPS) is 21.4. The molecule has 1 aliphatic carbocycles. The lowest BCUT2D eigenvalue weighted by molar-refractivity contribution is 0.0940. The summed E-state index contributed by atoms with van der Waals surface area (Å²) in [5, 5.41) is 3.27. The molecule has 2 aromatic rings. The monoisotopic (exact) mass is 453 g/mol. The predicted molar refractivity (Wildman–Crippen MR) is 126 cm³/mol. The van der Waals surface area contributed by atoms with Crippen molar-refractivity contribution >= 4 is 17.7 Å². The van der Waals surface area contributed by atoms with Gasteiger partial charge in [0, 0.05) is 29.2 Å². The van der Waals surface area contributed by atoms with E-state index in [2.05, 4.69) is 17.4 Å². The minimum absolute atomic E-state index is 0.00394. The Bertz CT molecular complexity index is 951. The minimum atomic E-state index is -0.0503. The summed E-state index contributed by atoms with van der Waals surface area (Å²) in [6.45, 7) is 2.67. The summed E-state index contributed by atoms with van der Waals surface area (Å²) in [5.74, 6) is 2.53. The maximum atomic E-state index is 13.2. The molecule has 1 atom stereocenters. The molecule has 32 heavy (non-hydrogen) atoms. The van der Waals surface area contributed by atoms with E-state index < -0.39 is 0 Å². The van der Waals surface area contributed by atoms with Gasteiger partial charge in [0.1, 0.15) is 13.2 Å². The summed E-state index contributed by atoms with van der Waals surface area (Å²) in [5.41, 5.74) is 1.94. The Kier molecular flexibility index (Phi) is 6.60. The molecule has 0 radical (unpaired) electrons. The summed E-state index contributed by atoms with van der Waals surface area (Å²) in [6.07, 6.45) is 7.04. The van der Waals surface area contributed by atoms with Crippen LogP contribution in [-0.4, -0.2) is 44.1 Å². The largest absolute Gasteiger partial charge is 0.486 e. The lowest BCUT2D eigenvalue weighted by atomic mass is 9.78. The Balaban J connectivity index is 1.29. The number of nitrogens with one attached hydrogen (secondary N) is 1. The van der Waals surface area contributed by atoms with Gasteiger partial charge in [0.25, 0.3) is 5.91 Å². The van der Waals surface area contributed by atoms with Crippen molar-refractivity contribution in [1.29, 1.82) is 0 Å². The lowest BCUT2D eigenvalue weighted by Gasteiger charge is -2.31. The highest BCUT2D eigenvalue weighted by molar-refractivity contribution is 7.99. The van der Waals surface area contributed by atoms with E-state index in [4.69, 9.17) is 14.2 Å². The number of benzene rings is 2. The first kappa shape index (κ1) is 21.7. The fraction of sp³-hybridized carbons (Fsp3) is 0.500. The van der Waals surface area contributed by atoms with Crippen molar-refractivity contribution in [3.8, 4) is 11.5 Å². The summed E-state index contributed by atoms with van der Waals surface area (Å²) in [7, 11) is 0. The molecule has 1 saturated heterocycles.